The van der Waals surface area contributed by atoms with Crippen LogP contribution in [0.15, 0.2) is 4.99 Å². The van der Waals surface area contributed by atoms with E-state index in [2.05, 4.69) is 34.2 Å². The lowest BCUT2D eigenvalue weighted by Gasteiger charge is -2.42. The van der Waals surface area contributed by atoms with Crippen molar-refractivity contribution >= 4 is 47.6 Å². The van der Waals surface area contributed by atoms with Gasteiger partial charge in [-0.3, -0.25) is 14.7 Å². The van der Waals surface area contributed by atoms with E-state index in [0.29, 0.717) is 5.91 Å². The monoisotopic (exact) mass is 523 g/mol. The number of halogens is 1. The Morgan fingerprint density at radius 1 is 1.14 bits per heavy atom. The lowest BCUT2D eigenvalue weighted by Crippen LogP contribution is -2.53. The molecule has 1 saturated carbocycles. The molecule has 28 heavy (non-hydrogen) atoms. The predicted octanol–water partition coefficient (Wildman–Crippen LogP) is 2.53. The van der Waals surface area contributed by atoms with Crippen molar-refractivity contribution in [3.63, 3.8) is 0 Å². The molecule has 0 unspecified atom stereocenters. The molecule has 6 nitrogen and oxygen atoms in total. The predicted molar refractivity (Wildman–Crippen MR) is 130 cm³/mol. The van der Waals surface area contributed by atoms with E-state index in [9.17, 15) is 4.79 Å². The van der Waals surface area contributed by atoms with Crippen molar-refractivity contribution in [1.82, 2.24) is 20.4 Å². The van der Waals surface area contributed by atoms with Crippen molar-refractivity contribution in [3.05, 3.63) is 0 Å². The summed E-state index contributed by atoms with van der Waals surface area (Å²) in [5.41, 5.74) is 0.283. The zero-order chi connectivity index (χ0) is 19.0. The number of carbonyl (C=O) groups excluding carboxylic acids is 1. The van der Waals surface area contributed by atoms with E-state index in [4.69, 9.17) is 4.99 Å². The van der Waals surface area contributed by atoms with Gasteiger partial charge in [0.05, 0.1) is 6.54 Å². The van der Waals surface area contributed by atoms with Gasteiger partial charge in [0.1, 0.15) is 0 Å². The molecular weight excluding hydrogens is 485 g/mol. The van der Waals surface area contributed by atoms with Crippen molar-refractivity contribution in [2.24, 2.45) is 4.99 Å². The highest BCUT2D eigenvalue weighted by Gasteiger charge is 2.39. The van der Waals surface area contributed by atoms with Crippen LogP contribution >= 0.6 is 35.7 Å². The number of amides is 1. The molecule has 3 rings (SSSR count). The van der Waals surface area contributed by atoms with E-state index in [-0.39, 0.29) is 29.5 Å². The summed E-state index contributed by atoms with van der Waals surface area (Å²) in [6.07, 6.45) is 7.99. The van der Waals surface area contributed by atoms with Gasteiger partial charge in [-0.15, -0.1) is 24.0 Å². The minimum Gasteiger partial charge on any atom is -0.357 e. The number of aliphatic imine (C=N–C) groups is 1. The number of thioether (sulfide) groups is 1. The quantitative estimate of drug-likeness (QED) is 0.222. The summed E-state index contributed by atoms with van der Waals surface area (Å²) in [7, 11) is 0. The number of nitrogens with one attached hydrogen (secondary N) is 2. The highest BCUT2D eigenvalue weighted by atomic mass is 127. The summed E-state index contributed by atoms with van der Waals surface area (Å²) in [4.78, 5) is 21.4. The largest absolute Gasteiger partial charge is 0.357 e. The summed E-state index contributed by atoms with van der Waals surface area (Å²) in [5, 5.41) is 6.88. The molecule has 1 aliphatic carbocycles. The molecule has 2 saturated heterocycles. The maximum atomic E-state index is 11.7. The molecule has 3 aliphatic rings. The Morgan fingerprint density at radius 2 is 1.89 bits per heavy atom. The lowest BCUT2D eigenvalue weighted by molar-refractivity contribution is -0.127. The van der Waals surface area contributed by atoms with Crippen LogP contribution in [0.4, 0.5) is 0 Å². The van der Waals surface area contributed by atoms with Gasteiger partial charge in [0.15, 0.2) is 5.96 Å². The van der Waals surface area contributed by atoms with E-state index in [1.54, 1.807) is 0 Å². The highest BCUT2D eigenvalue weighted by Crippen LogP contribution is 2.37. The number of guanidine groups is 1. The van der Waals surface area contributed by atoms with Crippen LogP contribution in [0.2, 0.25) is 0 Å². The van der Waals surface area contributed by atoms with Crippen LogP contribution in [0.1, 0.15) is 51.9 Å². The van der Waals surface area contributed by atoms with Crippen molar-refractivity contribution in [3.8, 4) is 0 Å². The van der Waals surface area contributed by atoms with Gasteiger partial charge in [-0.2, -0.15) is 11.8 Å². The van der Waals surface area contributed by atoms with Gasteiger partial charge < -0.3 is 15.5 Å². The number of hydrogen-bond donors (Lipinski definition) is 2. The van der Waals surface area contributed by atoms with Crippen LogP contribution in [-0.4, -0.2) is 84.5 Å². The summed E-state index contributed by atoms with van der Waals surface area (Å²) >= 11 is 2.08. The van der Waals surface area contributed by atoms with Gasteiger partial charge >= 0.3 is 0 Å². The van der Waals surface area contributed by atoms with Crippen LogP contribution in [0, 0.1) is 0 Å². The Hall–Kier alpha value is -0.220. The Labute approximate surface area is 192 Å². The molecule has 2 N–H and O–H groups in total. The number of likely N-dealkylation sites (tertiary alicyclic amines) is 1. The Morgan fingerprint density at radius 3 is 2.54 bits per heavy atom. The number of hydrogen-bond acceptors (Lipinski definition) is 4. The minimum absolute atomic E-state index is 0. The summed E-state index contributed by atoms with van der Waals surface area (Å²) in [6.45, 7) is 8.99. The number of carbonyl (C=O) groups is 1. The minimum atomic E-state index is 0. The first-order chi connectivity index (χ1) is 13.2. The first-order valence-electron chi connectivity index (χ1n) is 10.9. The first kappa shape index (κ1) is 24.1. The third-order valence-corrected chi connectivity index (χ3v) is 7.10. The van der Waals surface area contributed by atoms with Crippen LogP contribution in [0.5, 0.6) is 0 Å². The Balaban J connectivity index is 0.00000280. The van der Waals surface area contributed by atoms with Crippen LogP contribution in [-0.2, 0) is 4.79 Å². The maximum absolute atomic E-state index is 11.7. The topological polar surface area (TPSA) is 60.0 Å². The smallest absolute Gasteiger partial charge is 0.222 e. The molecule has 2 aliphatic heterocycles. The zero-order valence-electron chi connectivity index (χ0n) is 17.4. The van der Waals surface area contributed by atoms with Gasteiger partial charge in [0, 0.05) is 62.7 Å². The number of nitrogens with zero attached hydrogens (tertiary/aromatic N) is 3. The second-order valence-electron chi connectivity index (χ2n) is 7.99. The normalized spacial score (nSPS) is 23.0. The van der Waals surface area contributed by atoms with E-state index in [1.807, 2.05) is 4.90 Å². The molecule has 0 atom stereocenters. The van der Waals surface area contributed by atoms with Crippen LogP contribution in [0.25, 0.3) is 0 Å². The molecule has 3 fully saturated rings. The second kappa shape index (κ2) is 12.5. The summed E-state index contributed by atoms with van der Waals surface area (Å²) in [5.74, 6) is 3.78. The Kier molecular flexibility index (Phi) is 10.7. The average Bonchev–Trinajstić information content (AvgIpc) is 3.34. The van der Waals surface area contributed by atoms with Gasteiger partial charge in [-0.25, -0.2) is 0 Å². The molecule has 0 spiro atoms. The third-order valence-electron chi connectivity index (χ3n) is 6.16. The van der Waals surface area contributed by atoms with E-state index in [0.717, 1.165) is 57.9 Å². The fraction of sp³-hybridized carbons (Fsp3) is 0.900. The van der Waals surface area contributed by atoms with Crippen LogP contribution in [0.3, 0.4) is 0 Å². The molecule has 0 bridgehead atoms. The van der Waals surface area contributed by atoms with Crippen molar-refractivity contribution in [1.29, 1.82) is 0 Å². The second-order valence-corrected chi connectivity index (χ2v) is 9.22. The maximum Gasteiger partial charge on any atom is 0.222 e. The van der Waals surface area contributed by atoms with Crippen LogP contribution < -0.4 is 10.6 Å². The Bertz CT molecular complexity index is 507. The zero-order valence-corrected chi connectivity index (χ0v) is 20.5. The molecule has 1 amide bonds. The van der Waals surface area contributed by atoms with Gasteiger partial charge in [-0.05, 0) is 32.6 Å². The van der Waals surface area contributed by atoms with Gasteiger partial charge in [-0.1, -0.05) is 12.8 Å². The molecule has 0 aromatic heterocycles. The fourth-order valence-corrected chi connectivity index (χ4v) is 5.53. The molecular formula is C20H38IN5OS. The number of rotatable bonds is 8. The first-order valence-corrected chi connectivity index (χ1v) is 12.0. The molecule has 0 aromatic carbocycles. The van der Waals surface area contributed by atoms with Crippen molar-refractivity contribution in [2.45, 2.75) is 57.4 Å². The third kappa shape index (κ3) is 6.65. The van der Waals surface area contributed by atoms with Gasteiger partial charge in [0.25, 0.3) is 0 Å². The molecule has 162 valence electrons. The van der Waals surface area contributed by atoms with Gasteiger partial charge in [0.2, 0.25) is 5.91 Å². The SMILES string of the molecule is CCNC(=NCC1(N2CCSCC2)CCCC1)NCCCN1CCCC1=O.I. The van der Waals surface area contributed by atoms with Crippen molar-refractivity contribution < 1.29 is 4.79 Å². The van der Waals surface area contributed by atoms with E-state index >= 15 is 0 Å². The lowest BCUT2D eigenvalue weighted by atomic mass is 9.95. The molecule has 0 radical (unpaired) electrons. The average molecular weight is 524 g/mol. The summed E-state index contributed by atoms with van der Waals surface area (Å²) < 4.78 is 0. The molecule has 0 aromatic rings. The van der Waals surface area contributed by atoms with E-state index < -0.39 is 0 Å². The standard InChI is InChI=1S/C20H37N5OS.HI/c1-2-21-19(22-10-6-12-24-11-5-7-18(24)26)23-17-20(8-3-4-9-20)25-13-15-27-16-14-25;/h2-17H2,1H3,(H2,21,22,23);1H. The summed E-state index contributed by atoms with van der Waals surface area (Å²) in [6, 6.07) is 0. The highest BCUT2D eigenvalue weighted by molar-refractivity contribution is 14.0. The molecule has 2 heterocycles. The van der Waals surface area contributed by atoms with Crippen molar-refractivity contribution in [2.75, 3.05) is 57.3 Å². The van der Waals surface area contributed by atoms with E-state index in [1.165, 1.54) is 50.3 Å². The fourth-order valence-electron chi connectivity index (χ4n) is 4.63. The molecule has 8 heteroatoms.